The first-order chi connectivity index (χ1) is 7.42. The van der Waals surface area contributed by atoms with Gasteiger partial charge >= 0.3 is 0 Å². The molecule has 1 aromatic rings. The van der Waals surface area contributed by atoms with Crippen molar-refractivity contribution in [3.63, 3.8) is 0 Å². The number of hydrogen-bond donors (Lipinski definition) is 2. The van der Waals surface area contributed by atoms with Crippen LogP contribution in [0.25, 0.3) is 0 Å². The summed E-state index contributed by atoms with van der Waals surface area (Å²) in [4.78, 5) is 1.36. The van der Waals surface area contributed by atoms with Gasteiger partial charge in [0.05, 0.1) is 0 Å². The van der Waals surface area contributed by atoms with Crippen LogP contribution in [0, 0.1) is 0 Å². The smallest absolute Gasteiger partial charge is 0.0349 e. The number of halogens is 1. The third-order valence-corrected chi connectivity index (χ3v) is 5.46. The van der Waals surface area contributed by atoms with Gasteiger partial charge in [-0.3, -0.25) is 11.3 Å². The first kappa shape index (κ1) is 14.5. The molecule has 1 atom stereocenters. The van der Waals surface area contributed by atoms with E-state index in [-0.39, 0.29) is 0 Å². The maximum Gasteiger partial charge on any atom is 0.0349 e. The van der Waals surface area contributed by atoms with Gasteiger partial charge in [-0.25, -0.2) is 0 Å². The zero-order valence-electron chi connectivity index (χ0n) is 9.92. The third kappa shape index (κ3) is 5.19. The highest BCUT2D eigenvalue weighted by atomic mass is 79.9. The Hall–Kier alpha value is 0.450. The number of hydrazine groups is 1. The molecule has 0 saturated heterocycles. The second-order valence-electron chi connectivity index (χ2n) is 4.68. The van der Waals surface area contributed by atoms with Crippen LogP contribution in [-0.2, 0) is 6.42 Å². The van der Waals surface area contributed by atoms with Crippen LogP contribution in [-0.4, -0.2) is 16.5 Å². The molecule has 0 saturated carbocycles. The minimum Gasteiger partial charge on any atom is -0.271 e. The highest BCUT2D eigenvalue weighted by Gasteiger charge is 2.16. The van der Waals surface area contributed by atoms with Gasteiger partial charge in [0.15, 0.2) is 0 Å². The predicted octanol–water partition coefficient (Wildman–Crippen LogP) is 3.42. The summed E-state index contributed by atoms with van der Waals surface area (Å²) in [5.41, 5.74) is 2.91. The zero-order valence-corrected chi connectivity index (χ0v) is 13.1. The second kappa shape index (κ2) is 6.40. The molecule has 2 nitrogen and oxygen atoms in total. The molecule has 0 amide bonds. The SMILES string of the molecule is CC(C)(C)SCC(Cc1sccc1Br)NN. The van der Waals surface area contributed by atoms with E-state index in [0.717, 1.165) is 12.2 Å². The predicted molar refractivity (Wildman–Crippen MR) is 79.0 cm³/mol. The lowest BCUT2D eigenvalue weighted by molar-refractivity contribution is 0.576. The topological polar surface area (TPSA) is 38.0 Å². The number of nitrogens with one attached hydrogen (secondary N) is 1. The molecule has 0 spiro atoms. The van der Waals surface area contributed by atoms with Gasteiger partial charge in [0, 0.05) is 32.3 Å². The van der Waals surface area contributed by atoms with Gasteiger partial charge in [0.2, 0.25) is 0 Å². The number of thiophene rings is 1. The lowest BCUT2D eigenvalue weighted by Gasteiger charge is -2.22. The van der Waals surface area contributed by atoms with Crippen molar-refractivity contribution in [1.82, 2.24) is 5.43 Å². The van der Waals surface area contributed by atoms with Gasteiger partial charge in [-0.05, 0) is 27.4 Å². The van der Waals surface area contributed by atoms with Crippen molar-refractivity contribution >= 4 is 39.0 Å². The van der Waals surface area contributed by atoms with E-state index in [2.05, 4.69) is 53.6 Å². The maximum absolute atomic E-state index is 5.59. The van der Waals surface area contributed by atoms with Crippen LogP contribution < -0.4 is 11.3 Å². The lowest BCUT2D eigenvalue weighted by atomic mass is 10.2. The number of rotatable bonds is 5. The van der Waals surface area contributed by atoms with E-state index in [1.54, 1.807) is 11.3 Å². The summed E-state index contributed by atoms with van der Waals surface area (Å²) < 4.78 is 1.49. The van der Waals surface area contributed by atoms with E-state index in [9.17, 15) is 0 Å². The highest BCUT2D eigenvalue weighted by molar-refractivity contribution is 9.10. The normalized spacial score (nSPS) is 14.1. The van der Waals surface area contributed by atoms with Crippen molar-refractivity contribution in [2.45, 2.75) is 38.0 Å². The molecule has 1 rings (SSSR count). The third-order valence-electron chi connectivity index (χ3n) is 2.08. The number of nitrogens with two attached hydrogens (primary N) is 1. The van der Waals surface area contributed by atoms with Crippen molar-refractivity contribution in [1.29, 1.82) is 0 Å². The molecule has 0 aliphatic heterocycles. The summed E-state index contributed by atoms with van der Waals surface area (Å²) in [6, 6.07) is 2.42. The molecule has 0 aliphatic rings. The molecule has 0 radical (unpaired) electrons. The first-order valence-corrected chi connectivity index (χ1v) is 7.90. The van der Waals surface area contributed by atoms with Gasteiger partial charge in [-0.1, -0.05) is 20.8 Å². The Kier molecular flexibility index (Phi) is 5.81. The van der Waals surface area contributed by atoms with Crippen molar-refractivity contribution in [2.75, 3.05) is 5.75 Å². The van der Waals surface area contributed by atoms with Crippen molar-refractivity contribution in [3.05, 3.63) is 20.8 Å². The Morgan fingerprint density at radius 2 is 2.25 bits per heavy atom. The number of hydrogen-bond acceptors (Lipinski definition) is 4. The van der Waals surface area contributed by atoms with Gasteiger partial charge in [0.1, 0.15) is 0 Å². The minimum atomic E-state index is 0.293. The molecule has 1 unspecified atom stereocenters. The van der Waals surface area contributed by atoms with Crippen molar-refractivity contribution in [3.8, 4) is 0 Å². The highest BCUT2D eigenvalue weighted by Crippen LogP contribution is 2.27. The van der Waals surface area contributed by atoms with Gasteiger partial charge in [0.25, 0.3) is 0 Å². The van der Waals surface area contributed by atoms with E-state index in [4.69, 9.17) is 5.84 Å². The molecule has 1 aromatic heterocycles. The fraction of sp³-hybridized carbons (Fsp3) is 0.636. The standard InChI is InChI=1S/C11H19BrN2S2/c1-11(2,3)16-7-8(14-13)6-10-9(12)4-5-15-10/h4-5,8,14H,6-7,13H2,1-3H3. The van der Waals surface area contributed by atoms with E-state index >= 15 is 0 Å². The monoisotopic (exact) mass is 322 g/mol. The summed E-state index contributed by atoms with van der Waals surface area (Å²) in [6.07, 6.45) is 0.984. The Labute approximate surface area is 114 Å². The van der Waals surface area contributed by atoms with Gasteiger partial charge in [-0.15, -0.1) is 11.3 Å². The fourth-order valence-corrected chi connectivity index (χ4v) is 3.72. The lowest BCUT2D eigenvalue weighted by Crippen LogP contribution is -2.39. The molecule has 92 valence electrons. The largest absolute Gasteiger partial charge is 0.271 e. The average molecular weight is 323 g/mol. The summed E-state index contributed by atoms with van der Waals surface area (Å²) >= 11 is 7.27. The average Bonchev–Trinajstić information content (AvgIpc) is 2.57. The molecule has 0 bridgehead atoms. The minimum absolute atomic E-state index is 0.293. The maximum atomic E-state index is 5.59. The Bertz CT molecular complexity index is 320. The summed E-state index contributed by atoms with van der Waals surface area (Å²) in [6.45, 7) is 6.69. The van der Waals surface area contributed by atoms with Crippen LogP contribution in [0.1, 0.15) is 25.6 Å². The van der Waals surface area contributed by atoms with Crippen LogP contribution in [0.2, 0.25) is 0 Å². The van der Waals surface area contributed by atoms with E-state index in [1.165, 1.54) is 9.35 Å². The van der Waals surface area contributed by atoms with Crippen LogP contribution in [0.4, 0.5) is 0 Å². The van der Waals surface area contributed by atoms with Crippen LogP contribution in [0.15, 0.2) is 15.9 Å². The summed E-state index contributed by atoms with van der Waals surface area (Å²) in [7, 11) is 0. The Morgan fingerprint density at radius 3 is 2.69 bits per heavy atom. The second-order valence-corrected chi connectivity index (χ2v) is 8.38. The molecule has 5 heteroatoms. The van der Waals surface area contributed by atoms with E-state index in [0.29, 0.717) is 10.8 Å². The molecule has 0 aliphatic carbocycles. The molecule has 0 aromatic carbocycles. The zero-order chi connectivity index (χ0) is 12.2. The number of thioether (sulfide) groups is 1. The van der Waals surface area contributed by atoms with Crippen molar-refractivity contribution in [2.24, 2.45) is 5.84 Å². The quantitative estimate of drug-likeness (QED) is 0.644. The first-order valence-electron chi connectivity index (χ1n) is 5.24. The molecule has 1 heterocycles. The molecule has 16 heavy (non-hydrogen) atoms. The molecular formula is C11H19BrN2S2. The van der Waals surface area contributed by atoms with Crippen LogP contribution in [0.5, 0.6) is 0 Å². The van der Waals surface area contributed by atoms with E-state index < -0.39 is 0 Å². The van der Waals surface area contributed by atoms with Crippen molar-refractivity contribution < 1.29 is 0 Å². The van der Waals surface area contributed by atoms with Gasteiger partial charge in [-0.2, -0.15) is 11.8 Å². The fourth-order valence-electron chi connectivity index (χ4n) is 1.21. The summed E-state index contributed by atoms with van der Waals surface area (Å²) in [5, 5.41) is 2.10. The molecule has 3 N–H and O–H groups in total. The molecular weight excluding hydrogens is 304 g/mol. The van der Waals surface area contributed by atoms with Gasteiger partial charge < -0.3 is 0 Å². The van der Waals surface area contributed by atoms with Crippen LogP contribution >= 0.6 is 39.0 Å². The van der Waals surface area contributed by atoms with Crippen LogP contribution in [0.3, 0.4) is 0 Å². The molecule has 0 fully saturated rings. The summed E-state index contributed by atoms with van der Waals surface area (Å²) in [5.74, 6) is 6.63. The Morgan fingerprint density at radius 1 is 1.56 bits per heavy atom. The Balaban J connectivity index is 2.47. The van der Waals surface area contributed by atoms with E-state index in [1.807, 2.05) is 11.8 Å².